The van der Waals surface area contributed by atoms with E-state index in [1.165, 1.54) is 18.2 Å². The molecule has 0 saturated carbocycles. The Kier molecular flexibility index (Phi) is 18.6. The smallest absolute Gasteiger partial charge is 0.407 e. The molecule has 1 fully saturated rings. The first-order chi connectivity index (χ1) is 25.1. The molecule has 1 aliphatic heterocycles. The van der Waals surface area contributed by atoms with Gasteiger partial charge in [-0.2, -0.15) is 0 Å². The average Bonchev–Trinajstić information content (AvgIpc) is 3.07. The molecular formula is C34H48N2O17. The summed E-state index contributed by atoms with van der Waals surface area (Å²) < 4.78 is 53.9. The van der Waals surface area contributed by atoms with Crippen LogP contribution in [0.1, 0.15) is 62.3 Å². The van der Waals surface area contributed by atoms with Gasteiger partial charge in [0.05, 0.1) is 52.3 Å². The Morgan fingerprint density at radius 1 is 0.755 bits per heavy atom. The van der Waals surface area contributed by atoms with Gasteiger partial charge in [0.25, 0.3) is 5.91 Å². The van der Waals surface area contributed by atoms with E-state index >= 15 is 0 Å². The van der Waals surface area contributed by atoms with Crippen molar-refractivity contribution in [3.8, 4) is 5.75 Å². The maximum absolute atomic E-state index is 13.3. The Balaban J connectivity index is 1.99. The number of ether oxygens (including phenoxy) is 10. The maximum atomic E-state index is 13.3. The lowest BCUT2D eigenvalue weighted by molar-refractivity contribution is -0.282. The molecule has 2 amide bonds. The molecule has 1 aromatic carbocycles. The number of alkyl carbamates (subject to hydrolysis) is 1. The van der Waals surface area contributed by atoms with Gasteiger partial charge in [-0.1, -0.05) is 0 Å². The van der Waals surface area contributed by atoms with Crippen molar-refractivity contribution in [3.05, 3.63) is 29.3 Å². The Bertz CT molecular complexity index is 1410. The van der Waals surface area contributed by atoms with Crippen molar-refractivity contribution >= 4 is 42.2 Å². The summed E-state index contributed by atoms with van der Waals surface area (Å²) in [5.41, 5.74) is -0.622. The molecule has 296 valence electrons. The molecule has 0 radical (unpaired) electrons. The summed E-state index contributed by atoms with van der Waals surface area (Å²) in [5.74, 6) is -4.54. The van der Waals surface area contributed by atoms with Crippen LogP contribution < -0.4 is 15.4 Å². The fourth-order valence-electron chi connectivity index (χ4n) is 4.61. The summed E-state index contributed by atoms with van der Waals surface area (Å²) in [6.45, 7) is 10.2. The number of hydrogen-bond acceptors (Lipinski definition) is 17. The summed E-state index contributed by atoms with van der Waals surface area (Å²) in [4.78, 5) is 85.3. The summed E-state index contributed by atoms with van der Waals surface area (Å²) in [7, 11) is 1.04. The highest BCUT2D eigenvalue weighted by molar-refractivity contribution is 5.98. The number of methoxy groups -OCH3 is 1. The molecule has 1 heterocycles. The monoisotopic (exact) mass is 756 g/mol. The molecule has 1 saturated heterocycles. The van der Waals surface area contributed by atoms with E-state index in [9.17, 15) is 33.6 Å². The fourth-order valence-corrected chi connectivity index (χ4v) is 4.61. The second-order valence-electron chi connectivity index (χ2n) is 12.2. The first-order valence-electron chi connectivity index (χ1n) is 16.5. The van der Waals surface area contributed by atoms with E-state index in [0.717, 1.165) is 27.9 Å². The summed E-state index contributed by atoms with van der Waals surface area (Å²) in [6, 6.07) is 3.84. The van der Waals surface area contributed by atoms with Crippen LogP contribution in [-0.4, -0.2) is 138 Å². The minimum atomic E-state index is -1.73. The summed E-state index contributed by atoms with van der Waals surface area (Å²) >= 11 is 0. The van der Waals surface area contributed by atoms with Crippen LogP contribution in [0.15, 0.2) is 18.2 Å². The Hall–Kier alpha value is -4.85. The second kappa shape index (κ2) is 22.3. The molecule has 1 aromatic rings. The third-order valence-electron chi connectivity index (χ3n) is 6.65. The van der Waals surface area contributed by atoms with Crippen molar-refractivity contribution in [3.63, 3.8) is 0 Å². The number of carbonyl (C=O) groups excluding carboxylic acids is 7. The largest absolute Gasteiger partial charge is 0.467 e. The van der Waals surface area contributed by atoms with Crippen molar-refractivity contribution < 1.29 is 80.9 Å². The molecule has 1 aliphatic rings. The van der Waals surface area contributed by atoms with Crippen molar-refractivity contribution in [2.45, 2.75) is 77.8 Å². The molecule has 5 atom stereocenters. The molecular weight excluding hydrogens is 708 g/mol. The van der Waals surface area contributed by atoms with Crippen molar-refractivity contribution in [1.29, 1.82) is 0 Å². The molecule has 0 spiro atoms. The zero-order valence-electron chi connectivity index (χ0n) is 30.8. The van der Waals surface area contributed by atoms with E-state index in [0.29, 0.717) is 12.9 Å². The molecule has 19 heteroatoms. The molecule has 0 aromatic heterocycles. The highest BCUT2D eigenvalue weighted by Gasteiger charge is 2.56. The van der Waals surface area contributed by atoms with Crippen LogP contribution in [0.4, 0.5) is 4.79 Å². The maximum Gasteiger partial charge on any atom is 0.407 e. The van der Waals surface area contributed by atoms with E-state index in [1.54, 1.807) is 20.8 Å². The zero-order valence-corrected chi connectivity index (χ0v) is 30.8. The molecule has 0 unspecified atom stereocenters. The predicted molar refractivity (Wildman–Crippen MR) is 179 cm³/mol. The van der Waals surface area contributed by atoms with Gasteiger partial charge in [0.15, 0.2) is 18.3 Å². The Morgan fingerprint density at radius 3 is 1.81 bits per heavy atom. The average molecular weight is 757 g/mol. The zero-order chi connectivity index (χ0) is 39.6. The summed E-state index contributed by atoms with van der Waals surface area (Å²) in [6.07, 6.45) is -8.33. The first-order valence-corrected chi connectivity index (χ1v) is 16.5. The summed E-state index contributed by atoms with van der Waals surface area (Å²) in [5, 5.41) is 5.21. The number of hydrogen-bond donors (Lipinski definition) is 2. The molecule has 2 N–H and O–H groups in total. The van der Waals surface area contributed by atoms with Crippen molar-refractivity contribution in [2.24, 2.45) is 0 Å². The Labute approximate surface area is 306 Å². The molecule has 0 bridgehead atoms. The van der Waals surface area contributed by atoms with Gasteiger partial charge in [0, 0.05) is 39.4 Å². The number of amides is 2. The van der Waals surface area contributed by atoms with Gasteiger partial charge >= 0.3 is 30.0 Å². The van der Waals surface area contributed by atoms with Crippen LogP contribution in [0, 0.1) is 0 Å². The lowest BCUT2D eigenvalue weighted by Crippen LogP contribution is -2.64. The molecule has 53 heavy (non-hydrogen) atoms. The predicted octanol–water partition coefficient (Wildman–Crippen LogP) is 0.875. The van der Waals surface area contributed by atoms with Crippen molar-refractivity contribution in [2.75, 3.05) is 59.8 Å². The van der Waals surface area contributed by atoms with E-state index in [2.05, 4.69) is 10.6 Å². The molecule has 19 nitrogen and oxygen atoms in total. The van der Waals surface area contributed by atoms with Gasteiger partial charge in [-0.3, -0.25) is 24.0 Å². The molecule has 0 aliphatic carbocycles. The van der Waals surface area contributed by atoms with Gasteiger partial charge in [0.1, 0.15) is 17.6 Å². The number of rotatable bonds is 20. The highest BCUT2D eigenvalue weighted by Crippen LogP contribution is 2.32. The van der Waals surface area contributed by atoms with Crippen molar-refractivity contribution in [1.82, 2.24) is 10.6 Å². The normalized spacial score (nSPS) is 19.6. The fraction of sp³-hybridized carbons (Fsp3) is 0.618. The first kappa shape index (κ1) is 44.3. The van der Waals surface area contributed by atoms with Gasteiger partial charge in [-0.05, 0) is 39.0 Å². The third-order valence-corrected chi connectivity index (χ3v) is 6.65. The number of aldehydes is 1. The van der Waals surface area contributed by atoms with Crippen LogP contribution >= 0.6 is 0 Å². The van der Waals surface area contributed by atoms with E-state index in [4.69, 9.17) is 47.4 Å². The quantitative estimate of drug-likeness (QED) is 0.0813. The molecule has 2 rings (SSSR count). The van der Waals surface area contributed by atoms with Crippen LogP contribution in [0.3, 0.4) is 0 Å². The lowest BCUT2D eigenvalue weighted by atomic mass is 9.97. The van der Waals surface area contributed by atoms with Gasteiger partial charge < -0.3 is 58.0 Å². The van der Waals surface area contributed by atoms with E-state index in [1.807, 2.05) is 0 Å². The van der Waals surface area contributed by atoms with Crippen LogP contribution in [0.5, 0.6) is 5.75 Å². The van der Waals surface area contributed by atoms with Gasteiger partial charge in [-0.15, -0.1) is 0 Å². The van der Waals surface area contributed by atoms with Gasteiger partial charge in [0.2, 0.25) is 12.4 Å². The Morgan fingerprint density at radius 2 is 1.28 bits per heavy atom. The number of nitrogens with one attached hydrogen (secondary N) is 2. The highest BCUT2D eigenvalue weighted by atomic mass is 16.7. The number of esters is 4. The SMILES string of the molecule is COC(=O)[C@H]1O[C@H](Oc2ccc(C=O)cc2C(=O)NCCOCCOCCOCCNC(=O)OC(C)(C)C)[C@H](OC(C)=O)[C@@H](OC(C)=O)[C@@H]1OC(C)=O. The van der Waals surface area contributed by atoms with E-state index in [-0.39, 0.29) is 63.0 Å². The minimum absolute atomic E-state index is 0.0381. The topological polar surface area (TPSA) is 236 Å². The number of carbonyl (C=O) groups is 7. The van der Waals surface area contributed by atoms with Crippen LogP contribution in [0.25, 0.3) is 0 Å². The van der Waals surface area contributed by atoms with Crippen LogP contribution in [-0.2, 0) is 61.8 Å². The lowest BCUT2D eigenvalue weighted by Gasteiger charge is -2.43. The van der Waals surface area contributed by atoms with E-state index < -0.39 is 72.2 Å². The van der Waals surface area contributed by atoms with Crippen LogP contribution in [0.2, 0.25) is 0 Å². The standard InChI is InChI=1S/C34H48N2O17/c1-20(38)48-26-27(49-21(2)39)29(50-22(3)40)32(52-28(26)31(42)44-7)51-25-9-8-23(19-37)18-24(25)30(41)35-10-12-45-14-16-47-17-15-46-13-11-36-33(43)53-34(4,5)6/h8-9,18-19,26-29,32H,10-17H2,1-7H3,(H,35,41)(H,36,43)/t26-,27-,28-,29+,32-/m0/s1. The third kappa shape index (κ3) is 16.1. The minimum Gasteiger partial charge on any atom is -0.467 e. The second-order valence-corrected chi connectivity index (χ2v) is 12.2. The van der Waals surface area contributed by atoms with Gasteiger partial charge in [-0.25, -0.2) is 9.59 Å². The number of benzene rings is 1.